The molecule has 0 amide bonds. The maximum absolute atomic E-state index is 12.2. The molecule has 0 aromatic rings. The van der Waals surface area contributed by atoms with E-state index in [-0.39, 0.29) is 5.41 Å². The van der Waals surface area contributed by atoms with Crippen molar-refractivity contribution < 1.29 is 8.42 Å². The number of alkyl halides is 1. The lowest BCUT2D eigenvalue weighted by Gasteiger charge is -2.27. The molecule has 3 nitrogen and oxygen atoms in total. The third kappa shape index (κ3) is 4.61. The summed E-state index contributed by atoms with van der Waals surface area (Å²) in [7, 11) is -3.13. The third-order valence-corrected chi connectivity index (χ3v) is 6.86. The molecule has 0 aromatic carbocycles. The number of hydrogen-bond donors (Lipinski definition) is 1. The quantitative estimate of drug-likeness (QED) is 0.765. The van der Waals surface area contributed by atoms with Gasteiger partial charge in [-0.3, -0.25) is 0 Å². The van der Waals surface area contributed by atoms with Gasteiger partial charge in [0.2, 0.25) is 10.0 Å². The van der Waals surface area contributed by atoms with E-state index < -0.39 is 10.0 Å². The molecule has 0 spiro atoms. The summed E-state index contributed by atoms with van der Waals surface area (Å²) < 4.78 is 27.1. The maximum Gasteiger partial charge on any atom is 0.211 e. The average molecular weight is 308 g/mol. The largest absolute Gasteiger partial charge is 0.215 e. The molecule has 1 N–H and O–H groups in total. The Morgan fingerprint density at radius 2 is 1.68 bits per heavy atom. The fourth-order valence-corrected chi connectivity index (χ4v) is 5.43. The molecule has 0 heterocycles. The molecular weight excluding hydrogens is 282 g/mol. The van der Waals surface area contributed by atoms with Crippen molar-refractivity contribution in [2.75, 3.05) is 18.2 Å². The minimum Gasteiger partial charge on any atom is -0.215 e. The van der Waals surface area contributed by atoms with E-state index >= 15 is 0 Å². The van der Waals surface area contributed by atoms with Crippen molar-refractivity contribution in [1.82, 2.24) is 4.72 Å². The summed E-state index contributed by atoms with van der Waals surface area (Å²) in [5.41, 5.74) is 0.0151. The predicted molar refractivity (Wildman–Crippen MR) is 80.0 cm³/mol. The molecule has 112 valence electrons. The summed E-state index contributed by atoms with van der Waals surface area (Å²) in [5, 5.41) is 0. The molecule has 2 saturated carbocycles. The van der Waals surface area contributed by atoms with Crippen molar-refractivity contribution in [2.24, 2.45) is 11.3 Å². The van der Waals surface area contributed by atoms with Crippen molar-refractivity contribution >= 4 is 21.6 Å². The fourth-order valence-electron chi connectivity index (χ4n) is 3.47. The van der Waals surface area contributed by atoms with Crippen molar-refractivity contribution in [3.8, 4) is 0 Å². The standard InChI is InChI=1S/C14H26ClNO2S/c15-11-14(8-4-5-9-14)12-16-19(17,18)10-13-6-2-1-3-7-13/h13,16H,1-12H2. The van der Waals surface area contributed by atoms with Gasteiger partial charge in [-0.25, -0.2) is 13.1 Å². The van der Waals surface area contributed by atoms with Gasteiger partial charge in [0.05, 0.1) is 5.75 Å². The van der Waals surface area contributed by atoms with Crippen molar-refractivity contribution in [3.63, 3.8) is 0 Å². The van der Waals surface area contributed by atoms with E-state index in [1.54, 1.807) is 0 Å². The van der Waals surface area contributed by atoms with Crippen molar-refractivity contribution in [2.45, 2.75) is 57.8 Å². The van der Waals surface area contributed by atoms with E-state index in [0.717, 1.165) is 25.7 Å². The van der Waals surface area contributed by atoms with Crippen LogP contribution in [0.4, 0.5) is 0 Å². The van der Waals surface area contributed by atoms with E-state index in [2.05, 4.69) is 4.72 Å². The van der Waals surface area contributed by atoms with E-state index in [0.29, 0.717) is 24.1 Å². The van der Waals surface area contributed by atoms with Gasteiger partial charge in [-0.1, -0.05) is 32.1 Å². The van der Waals surface area contributed by atoms with Gasteiger partial charge in [0, 0.05) is 12.4 Å². The van der Waals surface area contributed by atoms with Crippen LogP contribution in [0.1, 0.15) is 57.8 Å². The minimum absolute atomic E-state index is 0.0151. The highest BCUT2D eigenvalue weighted by atomic mass is 35.5. The number of halogens is 1. The Bertz CT molecular complexity index is 371. The van der Waals surface area contributed by atoms with Gasteiger partial charge >= 0.3 is 0 Å². The van der Waals surface area contributed by atoms with Crippen molar-refractivity contribution in [1.29, 1.82) is 0 Å². The van der Waals surface area contributed by atoms with Gasteiger partial charge in [-0.15, -0.1) is 11.6 Å². The molecule has 5 heteroatoms. The Kier molecular flexibility index (Phi) is 5.55. The monoisotopic (exact) mass is 307 g/mol. The SMILES string of the molecule is O=S(=O)(CC1CCCCC1)NCC1(CCl)CCCC1. The first-order chi connectivity index (χ1) is 9.05. The third-order valence-electron chi connectivity index (χ3n) is 4.79. The first-order valence-corrected chi connectivity index (χ1v) is 9.77. The Hall–Kier alpha value is 0.200. The highest BCUT2D eigenvalue weighted by Crippen LogP contribution is 2.38. The van der Waals surface area contributed by atoms with Gasteiger partial charge in [0.25, 0.3) is 0 Å². The fraction of sp³-hybridized carbons (Fsp3) is 1.00. The summed E-state index contributed by atoms with van der Waals surface area (Å²) in [6.07, 6.45) is 10.2. The molecule has 2 aliphatic rings. The molecule has 0 unspecified atom stereocenters. The average Bonchev–Trinajstić information content (AvgIpc) is 2.87. The molecular formula is C14H26ClNO2S. The van der Waals surface area contributed by atoms with Gasteiger partial charge in [-0.2, -0.15) is 0 Å². The summed E-state index contributed by atoms with van der Waals surface area (Å²) >= 11 is 6.05. The summed E-state index contributed by atoms with van der Waals surface area (Å²) in [6, 6.07) is 0. The molecule has 0 bridgehead atoms. The summed E-state index contributed by atoms with van der Waals surface area (Å²) in [4.78, 5) is 0. The molecule has 0 saturated heterocycles. The van der Waals surface area contributed by atoms with Crippen LogP contribution in [0, 0.1) is 11.3 Å². The minimum atomic E-state index is -3.13. The highest BCUT2D eigenvalue weighted by Gasteiger charge is 2.34. The van der Waals surface area contributed by atoms with E-state index in [1.165, 1.54) is 32.1 Å². The van der Waals surface area contributed by atoms with E-state index in [9.17, 15) is 8.42 Å². The first-order valence-electron chi connectivity index (χ1n) is 7.59. The van der Waals surface area contributed by atoms with Crippen LogP contribution in [0.5, 0.6) is 0 Å². The van der Waals surface area contributed by atoms with Crippen LogP contribution in [0.2, 0.25) is 0 Å². The smallest absolute Gasteiger partial charge is 0.211 e. The predicted octanol–water partition coefficient (Wildman–Crippen LogP) is 3.29. The number of hydrogen-bond acceptors (Lipinski definition) is 2. The van der Waals surface area contributed by atoms with Crippen molar-refractivity contribution in [3.05, 3.63) is 0 Å². The lowest BCUT2D eigenvalue weighted by atomic mass is 9.89. The zero-order chi connectivity index (χ0) is 13.8. The van der Waals surface area contributed by atoms with Gasteiger partial charge in [0.15, 0.2) is 0 Å². The van der Waals surface area contributed by atoms with Gasteiger partial charge in [0.1, 0.15) is 0 Å². The van der Waals surface area contributed by atoms with E-state index in [1.807, 2.05) is 0 Å². The van der Waals surface area contributed by atoms with Gasteiger partial charge in [-0.05, 0) is 37.0 Å². The molecule has 2 aliphatic carbocycles. The lowest BCUT2D eigenvalue weighted by Crippen LogP contribution is -2.39. The zero-order valence-corrected chi connectivity index (χ0v) is 13.2. The molecule has 0 aliphatic heterocycles. The number of sulfonamides is 1. The maximum atomic E-state index is 12.2. The molecule has 0 aromatic heterocycles. The van der Waals surface area contributed by atoms with Gasteiger partial charge < -0.3 is 0 Å². The van der Waals surface area contributed by atoms with Crippen LogP contribution in [-0.2, 0) is 10.0 Å². The normalized spacial score (nSPS) is 24.7. The molecule has 2 fully saturated rings. The van der Waals surface area contributed by atoms with Crippen LogP contribution in [0.15, 0.2) is 0 Å². The second-order valence-corrected chi connectivity index (χ2v) is 8.57. The first kappa shape index (κ1) is 15.6. The lowest BCUT2D eigenvalue weighted by molar-refractivity contribution is 0.339. The Morgan fingerprint density at radius 3 is 2.26 bits per heavy atom. The number of rotatable bonds is 6. The van der Waals surface area contributed by atoms with E-state index in [4.69, 9.17) is 11.6 Å². The molecule has 2 rings (SSSR count). The topological polar surface area (TPSA) is 46.2 Å². The molecule has 0 atom stereocenters. The Morgan fingerprint density at radius 1 is 1.05 bits per heavy atom. The Labute approximate surface area is 122 Å². The van der Waals surface area contributed by atoms with Crippen LogP contribution in [0.3, 0.4) is 0 Å². The second kappa shape index (κ2) is 6.77. The van der Waals surface area contributed by atoms with Crippen LogP contribution < -0.4 is 4.72 Å². The number of nitrogens with one attached hydrogen (secondary N) is 1. The van der Waals surface area contributed by atoms with Crippen LogP contribution in [0.25, 0.3) is 0 Å². The second-order valence-electron chi connectivity index (χ2n) is 6.45. The van der Waals surface area contributed by atoms with Crippen LogP contribution in [-0.4, -0.2) is 26.6 Å². The van der Waals surface area contributed by atoms with Crippen LogP contribution >= 0.6 is 11.6 Å². The molecule has 19 heavy (non-hydrogen) atoms. The summed E-state index contributed by atoms with van der Waals surface area (Å²) in [6.45, 7) is 0.533. The molecule has 0 radical (unpaired) electrons. The zero-order valence-electron chi connectivity index (χ0n) is 11.7. The highest BCUT2D eigenvalue weighted by molar-refractivity contribution is 7.89. The Balaban J connectivity index is 1.83. The summed E-state index contributed by atoms with van der Waals surface area (Å²) in [5.74, 6) is 1.24.